The Morgan fingerprint density at radius 2 is 2.08 bits per heavy atom. The van der Waals surface area contributed by atoms with Crippen LogP contribution in [0.2, 0.25) is 0 Å². The van der Waals surface area contributed by atoms with Crippen molar-refractivity contribution < 1.29 is 4.79 Å². The molecule has 0 fully saturated rings. The molecule has 1 unspecified atom stereocenters. The van der Waals surface area contributed by atoms with Gasteiger partial charge in [-0.15, -0.1) is 0 Å². The van der Waals surface area contributed by atoms with Crippen LogP contribution in [0, 0.1) is 0 Å². The van der Waals surface area contributed by atoms with E-state index in [1.165, 1.54) is 0 Å². The van der Waals surface area contributed by atoms with Crippen LogP contribution in [0.15, 0.2) is 0 Å². The van der Waals surface area contributed by atoms with Crippen LogP contribution in [-0.4, -0.2) is 18.5 Å². The molecule has 72 valence electrons. The molecule has 0 amide bonds. The molecule has 0 aliphatic heterocycles. The van der Waals surface area contributed by atoms with Gasteiger partial charge in [-0.1, -0.05) is 6.42 Å². The molecule has 3 N–H and O–H groups in total. The minimum Gasteiger partial charge on any atom is -0.316 e. The first-order chi connectivity index (χ1) is 5.63. The van der Waals surface area contributed by atoms with E-state index >= 15 is 0 Å². The summed E-state index contributed by atoms with van der Waals surface area (Å²) in [6.07, 6.45) is 4.03. The van der Waals surface area contributed by atoms with E-state index in [9.17, 15) is 4.79 Å². The zero-order valence-electron chi connectivity index (χ0n) is 8.10. The molecule has 0 aliphatic carbocycles. The topological polar surface area (TPSA) is 55.1 Å². The van der Waals surface area contributed by atoms with E-state index in [4.69, 9.17) is 5.73 Å². The monoisotopic (exact) mass is 172 g/mol. The third-order valence-electron chi connectivity index (χ3n) is 1.67. The van der Waals surface area contributed by atoms with E-state index in [-0.39, 0.29) is 11.9 Å². The summed E-state index contributed by atoms with van der Waals surface area (Å²) in [7, 11) is 0. The number of rotatable bonds is 7. The zero-order valence-corrected chi connectivity index (χ0v) is 8.10. The van der Waals surface area contributed by atoms with Gasteiger partial charge in [0.2, 0.25) is 0 Å². The number of nitrogens with two attached hydrogens (primary N) is 1. The van der Waals surface area contributed by atoms with Gasteiger partial charge in [0.05, 0.1) is 6.17 Å². The smallest absolute Gasteiger partial charge is 0.129 e. The van der Waals surface area contributed by atoms with Crippen LogP contribution < -0.4 is 11.1 Å². The lowest BCUT2D eigenvalue weighted by molar-refractivity contribution is -0.117. The number of carbonyl (C=O) groups excluding carboxylic acids is 1. The fourth-order valence-electron chi connectivity index (χ4n) is 1.01. The van der Waals surface area contributed by atoms with Crippen molar-refractivity contribution in [2.24, 2.45) is 5.73 Å². The highest BCUT2D eigenvalue weighted by Gasteiger charge is 1.94. The molecule has 0 radical (unpaired) electrons. The molecule has 12 heavy (non-hydrogen) atoms. The van der Waals surface area contributed by atoms with Crippen molar-refractivity contribution in [1.29, 1.82) is 0 Å². The van der Waals surface area contributed by atoms with Gasteiger partial charge in [0.15, 0.2) is 0 Å². The zero-order chi connectivity index (χ0) is 9.40. The average molecular weight is 172 g/mol. The number of Topliss-reactive ketones (excluding diaryl/α,β-unsaturated/α-hetero) is 1. The second kappa shape index (κ2) is 7.25. The highest BCUT2D eigenvalue weighted by Crippen LogP contribution is 1.99. The first kappa shape index (κ1) is 11.6. The van der Waals surface area contributed by atoms with Crippen LogP contribution in [0.25, 0.3) is 0 Å². The molecule has 0 aliphatic rings. The van der Waals surface area contributed by atoms with Crippen LogP contribution in [0.1, 0.15) is 39.5 Å². The molecule has 0 heterocycles. The quantitative estimate of drug-likeness (QED) is 0.445. The molecule has 0 aromatic rings. The van der Waals surface area contributed by atoms with E-state index in [0.29, 0.717) is 0 Å². The number of carbonyl (C=O) groups is 1. The van der Waals surface area contributed by atoms with Crippen molar-refractivity contribution in [3.63, 3.8) is 0 Å². The van der Waals surface area contributed by atoms with Crippen molar-refractivity contribution >= 4 is 5.78 Å². The third-order valence-corrected chi connectivity index (χ3v) is 1.67. The molecule has 0 saturated carbocycles. The van der Waals surface area contributed by atoms with Gasteiger partial charge < -0.3 is 15.8 Å². The summed E-state index contributed by atoms with van der Waals surface area (Å²) < 4.78 is 0. The van der Waals surface area contributed by atoms with Crippen molar-refractivity contribution in [3.05, 3.63) is 0 Å². The van der Waals surface area contributed by atoms with Crippen LogP contribution >= 0.6 is 0 Å². The van der Waals surface area contributed by atoms with Crippen LogP contribution in [0.5, 0.6) is 0 Å². The van der Waals surface area contributed by atoms with Gasteiger partial charge in [-0.3, -0.25) is 0 Å². The largest absolute Gasteiger partial charge is 0.316 e. The molecular weight excluding hydrogens is 152 g/mol. The molecule has 0 spiro atoms. The number of nitrogens with one attached hydrogen (secondary N) is 1. The Bertz CT molecular complexity index is 124. The highest BCUT2D eigenvalue weighted by molar-refractivity contribution is 5.75. The molecule has 0 aromatic carbocycles. The Hall–Kier alpha value is -0.410. The Balaban J connectivity index is 2.96. The predicted octanol–water partition coefficient (Wildman–Crippen LogP) is 1.03. The second-order valence-corrected chi connectivity index (χ2v) is 3.26. The normalized spacial score (nSPS) is 12.9. The summed E-state index contributed by atoms with van der Waals surface area (Å²) in [5.74, 6) is 0.287. The Morgan fingerprint density at radius 3 is 2.58 bits per heavy atom. The lowest BCUT2D eigenvalue weighted by Gasteiger charge is -2.06. The SMILES string of the molecule is CC(=O)CCCCCNC(C)N. The summed E-state index contributed by atoms with van der Waals surface area (Å²) in [5, 5.41) is 3.13. The van der Waals surface area contributed by atoms with Crippen molar-refractivity contribution in [1.82, 2.24) is 5.32 Å². The van der Waals surface area contributed by atoms with Crippen LogP contribution in [-0.2, 0) is 4.79 Å². The molecule has 1 atom stereocenters. The molecule has 0 saturated heterocycles. The minimum atomic E-state index is 0.0813. The van der Waals surface area contributed by atoms with E-state index in [0.717, 1.165) is 32.2 Å². The summed E-state index contributed by atoms with van der Waals surface area (Å²) in [6.45, 7) is 4.52. The maximum absolute atomic E-state index is 10.5. The lowest BCUT2D eigenvalue weighted by Crippen LogP contribution is -2.34. The molecule has 3 heteroatoms. The fraction of sp³-hybridized carbons (Fsp3) is 0.889. The maximum atomic E-state index is 10.5. The van der Waals surface area contributed by atoms with Crippen molar-refractivity contribution in [2.45, 2.75) is 45.7 Å². The first-order valence-corrected chi connectivity index (χ1v) is 4.61. The molecule has 0 rings (SSSR count). The van der Waals surface area contributed by atoms with E-state index in [1.54, 1.807) is 6.92 Å². The van der Waals surface area contributed by atoms with Crippen molar-refractivity contribution in [3.8, 4) is 0 Å². The predicted molar refractivity (Wildman–Crippen MR) is 50.8 cm³/mol. The summed E-state index contributed by atoms with van der Waals surface area (Å²) >= 11 is 0. The highest BCUT2D eigenvalue weighted by atomic mass is 16.1. The molecule has 0 bridgehead atoms. The Kier molecular flexibility index (Phi) is 7.00. The van der Waals surface area contributed by atoms with E-state index < -0.39 is 0 Å². The van der Waals surface area contributed by atoms with Crippen LogP contribution in [0.4, 0.5) is 0 Å². The fourth-order valence-corrected chi connectivity index (χ4v) is 1.01. The summed E-state index contributed by atoms with van der Waals surface area (Å²) in [4.78, 5) is 10.5. The first-order valence-electron chi connectivity index (χ1n) is 4.61. The van der Waals surface area contributed by atoms with Gasteiger partial charge in [-0.25, -0.2) is 0 Å². The molecule has 0 aromatic heterocycles. The summed E-state index contributed by atoms with van der Waals surface area (Å²) in [6, 6.07) is 0. The van der Waals surface area contributed by atoms with Gasteiger partial charge in [0.1, 0.15) is 5.78 Å². The number of hydrogen-bond donors (Lipinski definition) is 2. The maximum Gasteiger partial charge on any atom is 0.129 e. The number of ketones is 1. The van der Waals surface area contributed by atoms with Gasteiger partial charge in [0.25, 0.3) is 0 Å². The standard InChI is InChI=1S/C9H20N2O/c1-8(12)6-4-3-5-7-11-9(2)10/h9,11H,3-7,10H2,1-2H3. The van der Waals surface area contributed by atoms with Gasteiger partial charge >= 0.3 is 0 Å². The minimum absolute atomic E-state index is 0.0813. The van der Waals surface area contributed by atoms with Gasteiger partial charge in [-0.05, 0) is 33.2 Å². The van der Waals surface area contributed by atoms with E-state index in [2.05, 4.69) is 5.32 Å². The third kappa shape index (κ3) is 9.59. The number of hydrogen-bond acceptors (Lipinski definition) is 3. The lowest BCUT2D eigenvalue weighted by atomic mass is 10.1. The molecular formula is C9H20N2O. The Morgan fingerprint density at radius 1 is 1.42 bits per heavy atom. The average Bonchev–Trinajstić information content (AvgIpc) is 1.95. The number of unbranched alkanes of at least 4 members (excludes halogenated alkanes) is 2. The second-order valence-electron chi connectivity index (χ2n) is 3.26. The molecule has 3 nitrogen and oxygen atoms in total. The van der Waals surface area contributed by atoms with Gasteiger partial charge in [0, 0.05) is 6.42 Å². The van der Waals surface area contributed by atoms with Gasteiger partial charge in [-0.2, -0.15) is 0 Å². The summed E-state index contributed by atoms with van der Waals surface area (Å²) in [5.41, 5.74) is 5.49. The van der Waals surface area contributed by atoms with Crippen LogP contribution in [0.3, 0.4) is 0 Å². The van der Waals surface area contributed by atoms with E-state index in [1.807, 2.05) is 6.92 Å². The van der Waals surface area contributed by atoms with Crippen molar-refractivity contribution in [2.75, 3.05) is 6.54 Å². The Labute approximate surface area is 74.7 Å².